The van der Waals surface area contributed by atoms with Crippen molar-refractivity contribution >= 4 is 40.6 Å². The topological polar surface area (TPSA) is 68.2 Å². The molecule has 0 aliphatic carbocycles. The minimum atomic E-state index is -0.404. The number of nitrogens with zero attached hydrogens (tertiary/aromatic N) is 2. The SMILES string of the molecule is CCN1C(=O)C(=Cc2ccccc2OCc2ccccc2)SC1=Nc1ccc(C(=O)OC)cc1. The first-order valence-electron chi connectivity index (χ1n) is 10.8. The summed E-state index contributed by atoms with van der Waals surface area (Å²) in [5.74, 6) is 0.201. The molecule has 172 valence electrons. The number of thioether (sulfide) groups is 1. The number of ether oxygens (including phenoxy) is 2. The van der Waals surface area contributed by atoms with Crippen LogP contribution >= 0.6 is 11.8 Å². The minimum Gasteiger partial charge on any atom is -0.488 e. The summed E-state index contributed by atoms with van der Waals surface area (Å²) in [7, 11) is 1.34. The molecular weight excluding hydrogens is 448 g/mol. The van der Waals surface area contributed by atoms with E-state index in [9.17, 15) is 9.59 Å². The predicted molar refractivity (Wildman–Crippen MR) is 135 cm³/mol. The monoisotopic (exact) mass is 472 g/mol. The van der Waals surface area contributed by atoms with Gasteiger partial charge in [-0.1, -0.05) is 48.5 Å². The van der Waals surface area contributed by atoms with Gasteiger partial charge in [-0.25, -0.2) is 9.79 Å². The Labute approximate surface area is 202 Å². The Morgan fingerprint density at radius 2 is 1.71 bits per heavy atom. The largest absolute Gasteiger partial charge is 0.488 e. The molecule has 1 amide bonds. The molecule has 7 heteroatoms. The molecule has 0 radical (unpaired) electrons. The first kappa shape index (κ1) is 23.3. The van der Waals surface area contributed by atoms with Gasteiger partial charge in [-0.15, -0.1) is 0 Å². The number of amides is 1. The van der Waals surface area contributed by atoms with Gasteiger partial charge in [-0.3, -0.25) is 9.69 Å². The van der Waals surface area contributed by atoms with Gasteiger partial charge >= 0.3 is 5.97 Å². The fourth-order valence-electron chi connectivity index (χ4n) is 3.38. The maximum atomic E-state index is 13.1. The van der Waals surface area contributed by atoms with Crippen LogP contribution in [0.4, 0.5) is 5.69 Å². The number of rotatable bonds is 7. The van der Waals surface area contributed by atoms with Crippen LogP contribution in [-0.4, -0.2) is 35.6 Å². The summed E-state index contributed by atoms with van der Waals surface area (Å²) in [4.78, 5) is 31.6. The Morgan fingerprint density at radius 1 is 1.00 bits per heavy atom. The minimum absolute atomic E-state index is 0.102. The standard InChI is InChI=1S/C27H24N2O4S/c1-3-29-25(30)24(34-27(29)28-22-15-13-20(14-16-22)26(31)32-2)17-21-11-7-8-12-23(21)33-18-19-9-5-4-6-10-19/h4-17H,3,18H2,1-2H3. The molecule has 3 aromatic carbocycles. The normalized spacial score (nSPS) is 15.7. The van der Waals surface area contributed by atoms with Gasteiger partial charge < -0.3 is 9.47 Å². The first-order valence-corrected chi connectivity index (χ1v) is 11.6. The molecular formula is C27H24N2O4S. The van der Waals surface area contributed by atoms with Crippen LogP contribution < -0.4 is 4.74 Å². The molecule has 1 aliphatic heterocycles. The molecule has 1 fully saturated rings. The van der Waals surface area contributed by atoms with Gasteiger partial charge in [0.25, 0.3) is 5.91 Å². The van der Waals surface area contributed by atoms with E-state index < -0.39 is 5.97 Å². The molecule has 0 unspecified atom stereocenters. The number of methoxy groups -OCH3 is 1. The second-order valence-electron chi connectivity index (χ2n) is 7.40. The van der Waals surface area contributed by atoms with E-state index in [1.165, 1.54) is 18.9 Å². The lowest BCUT2D eigenvalue weighted by atomic mass is 10.1. The molecule has 0 N–H and O–H groups in total. The van der Waals surface area contributed by atoms with Crippen LogP contribution in [0.5, 0.6) is 5.75 Å². The van der Waals surface area contributed by atoms with Crippen LogP contribution in [0.1, 0.15) is 28.4 Å². The number of carbonyl (C=O) groups is 2. The highest BCUT2D eigenvalue weighted by atomic mass is 32.2. The Balaban J connectivity index is 1.56. The molecule has 4 rings (SSSR count). The second kappa shape index (κ2) is 10.9. The summed E-state index contributed by atoms with van der Waals surface area (Å²) in [6.45, 7) is 2.85. The average Bonchev–Trinajstić information content (AvgIpc) is 3.17. The van der Waals surface area contributed by atoms with Crippen molar-refractivity contribution in [3.8, 4) is 5.75 Å². The number of likely N-dealkylation sites (N-methyl/N-ethyl adjacent to an activating group) is 1. The van der Waals surface area contributed by atoms with E-state index >= 15 is 0 Å². The summed E-state index contributed by atoms with van der Waals surface area (Å²) in [5, 5.41) is 0.590. The van der Waals surface area contributed by atoms with Crippen LogP contribution in [0.2, 0.25) is 0 Å². The van der Waals surface area contributed by atoms with Crippen LogP contribution in [0.25, 0.3) is 6.08 Å². The highest BCUT2D eigenvalue weighted by Crippen LogP contribution is 2.35. The molecule has 0 bridgehead atoms. The van der Waals surface area contributed by atoms with Crippen LogP contribution in [-0.2, 0) is 16.1 Å². The van der Waals surface area contributed by atoms with E-state index in [-0.39, 0.29) is 5.91 Å². The summed E-state index contributed by atoms with van der Waals surface area (Å²) >= 11 is 1.32. The Hall–Kier alpha value is -3.84. The number of para-hydroxylation sites is 1. The highest BCUT2D eigenvalue weighted by Gasteiger charge is 2.32. The third-order valence-electron chi connectivity index (χ3n) is 5.16. The Bertz CT molecular complexity index is 1240. The van der Waals surface area contributed by atoms with Crippen LogP contribution in [0.3, 0.4) is 0 Å². The van der Waals surface area contributed by atoms with E-state index in [4.69, 9.17) is 9.47 Å². The lowest BCUT2D eigenvalue weighted by molar-refractivity contribution is -0.122. The fraction of sp³-hybridized carbons (Fsp3) is 0.148. The Morgan fingerprint density at radius 3 is 2.41 bits per heavy atom. The molecule has 0 aromatic heterocycles. The van der Waals surface area contributed by atoms with Gasteiger partial charge in [0.1, 0.15) is 12.4 Å². The average molecular weight is 473 g/mol. The molecule has 34 heavy (non-hydrogen) atoms. The van der Waals surface area contributed by atoms with E-state index in [1.54, 1.807) is 29.2 Å². The van der Waals surface area contributed by atoms with Crippen molar-refractivity contribution in [2.45, 2.75) is 13.5 Å². The van der Waals surface area contributed by atoms with Gasteiger partial charge in [0, 0.05) is 12.1 Å². The van der Waals surface area contributed by atoms with Gasteiger partial charge in [0.2, 0.25) is 0 Å². The third kappa shape index (κ3) is 5.38. The zero-order valence-electron chi connectivity index (χ0n) is 18.9. The zero-order chi connectivity index (χ0) is 23.9. The van der Waals surface area contributed by atoms with Crippen molar-refractivity contribution in [3.05, 3.63) is 100 Å². The summed E-state index contributed by atoms with van der Waals surface area (Å²) in [6, 6.07) is 24.4. The van der Waals surface area contributed by atoms with Gasteiger partial charge in [-0.05, 0) is 60.7 Å². The van der Waals surface area contributed by atoms with Crippen molar-refractivity contribution in [3.63, 3.8) is 0 Å². The van der Waals surface area contributed by atoms with Gasteiger partial charge in [0.15, 0.2) is 5.17 Å². The van der Waals surface area contributed by atoms with Gasteiger partial charge in [0.05, 0.1) is 23.3 Å². The lowest BCUT2D eigenvalue weighted by Gasteiger charge is -2.12. The molecule has 0 spiro atoms. The van der Waals surface area contributed by atoms with Gasteiger partial charge in [-0.2, -0.15) is 0 Å². The lowest BCUT2D eigenvalue weighted by Crippen LogP contribution is -2.28. The fourth-order valence-corrected chi connectivity index (χ4v) is 4.43. The molecule has 0 atom stereocenters. The van der Waals surface area contributed by atoms with Crippen molar-refractivity contribution in [2.75, 3.05) is 13.7 Å². The number of hydrogen-bond donors (Lipinski definition) is 0. The number of aliphatic imine (C=N–C) groups is 1. The maximum Gasteiger partial charge on any atom is 0.337 e. The first-order chi connectivity index (χ1) is 16.6. The maximum absolute atomic E-state index is 13.1. The second-order valence-corrected chi connectivity index (χ2v) is 8.41. The van der Waals surface area contributed by atoms with E-state index in [2.05, 4.69) is 4.99 Å². The van der Waals surface area contributed by atoms with Crippen LogP contribution in [0, 0.1) is 0 Å². The molecule has 6 nitrogen and oxygen atoms in total. The predicted octanol–water partition coefficient (Wildman–Crippen LogP) is 5.68. The van der Waals surface area contributed by atoms with E-state index in [0.29, 0.717) is 40.2 Å². The van der Waals surface area contributed by atoms with Crippen molar-refractivity contribution in [1.29, 1.82) is 0 Å². The number of hydrogen-bond acceptors (Lipinski definition) is 6. The molecule has 1 saturated heterocycles. The molecule has 1 aliphatic rings. The number of carbonyl (C=O) groups excluding carboxylic acids is 2. The third-order valence-corrected chi connectivity index (χ3v) is 6.17. The Kier molecular flexibility index (Phi) is 7.44. The number of benzene rings is 3. The molecule has 1 heterocycles. The quantitative estimate of drug-likeness (QED) is 0.327. The molecule has 0 saturated carbocycles. The number of esters is 1. The van der Waals surface area contributed by atoms with Crippen molar-refractivity contribution in [2.24, 2.45) is 4.99 Å². The highest BCUT2D eigenvalue weighted by molar-refractivity contribution is 8.18. The summed E-state index contributed by atoms with van der Waals surface area (Å²) in [5.41, 5.74) is 2.99. The van der Waals surface area contributed by atoms with E-state index in [0.717, 1.165) is 11.1 Å². The zero-order valence-corrected chi connectivity index (χ0v) is 19.7. The van der Waals surface area contributed by atoms with Crippen molar-refractivity contribution in [1.82, 2.24) is 4.90 Å². The molecule has 3 aromatic rings. The van der Waals surface area contributed by atoms with Crippen molar-refractivity contribution < 1.29 is 19.1 Å². The van der Waals surface area contributed by atoms with Crippen LogP contribution in [0.15, 0.2) is 88.8 Å². The number of amidine groups is 1. The van der Waals surface area contributed by atoms with E-state index in [1.807, 2.05) is 67.6 Å². The smallest absolute Gasteiger partial charge is 0.337 e. The summed E-state index contributed by atoms with van der Waals surface area (Å²) < 4.78 is 10.8. The summed E-state index contributed by atoms with van der Waals surface area (Å²) in [6.07, 6.45) is 1.85.